The van der Waals surface area contributed by atoms with Crippen LogP contribution in [0.2, 0.25) is 0 Å². The highest BCUT2D eigenvalue weighted by Crippen LogP contribution is 2.25. The standard InChI is InChI=1S/C15H23N3O2S/c1-11(19)16-13-7-10-21-14(13)15(20)18-8-4-5-12(6-9-18)17(2)3/h7,10,12H,4-6,8-9H2,1-3H3,(H,16,19). The smallest absolute Gasteiger partial charge is 0.266 e. The van der Waals surface area contributed by atoms with Crippen molar-refractivity contribution in [1.82, 2.24) is 9.80 Å². The van der Waals surface area contributed by atoms with Crippen molar-refractivity contribution in [3.63, 3.8) is 0 Å². The second kappa shape index (κ2) is 7.04. The van der Waals surface area contributed by atoms with Gasteiger partial charge in [-0.1, -0.05) is 0 Å². The van der Waals surface area contributed by atoms with Crippen LogP contribution in [0, 0.1) is 0 Å². The average molecular weight is 309 g/mol. The van der Waals surface area contributed by atoms with E-state index in [1.165, 1.54) is 18.3 Å². The molecular weight excluding hydrogens is 286 g/mol. The number of carbonyl (C=O) groups is 2. The van der Waals surface area contributed by atoms with Crippen LogP contribution in [-0.4, -0.2) is 54.8 Å². The van der Waals surface area contributed by atoms with Crippen molar-refractivity contribution in [2.45, 2.75) is 32.2 Å². The number of hydrogen-bond donors (Lipinski definition) is 1. The molecule has 1 aromatic rings. The van der Waals surface area contributed by atoms with Gasteiger partial charge in [0.2, 0.25) is 5.91 Å². The molecule has 0 saturated carbocycles. The van der Waals surface area contributed by atoms with Gasteiger partial charge in [-0.25, -0.2) is 0 Å². The molecule has 0 aromatic carbocycles. The van der Waals surface area contributed by atoms with E-state index in [4.69, 9.17) is 0 Å². The second-order valence-electron chi connectivity index (χ2n) is 5.69. The lowest BCUT2D eigenvalue weighted by atomic mass is 10.1. The van der Waals surface area contributed by atoms with Crippen LogP contribution >= 0.6 is 11.3 Å². The van der Waals surface area contributed by atoms with Crippen LogP contribution < -0.4 is 5.32 Å². The highest BCUT2D eigenvalue weighted by Gasteiger charge is 2.25. The van der Waals surface area contributed by atoms with Gasteiger partial charge in [-0.15, -0.1) is 11.3 Å². The van der Waals surface area contributed by atoms with E-state index in [-0.39, 0.29) is 11.8 Å². The number of rotatable bonds is 3. The van der Waals surface area contributed by atoms with E-state index in [9.17, 15) is 9.59 Å². The number of anilines is 1. The summed E-state index contributed by atoms with van der Waals surface area (Å²) in [7, 11) is 4.19. The van der Waals surface area contributed by atoms with Gasteiger partial charge < -0.3 is 15.1 Å². The maximum atomic E-state index is 12.7. The molecule has 21 heavy (non-hydrogen) atoms. The topological polar surface area (TPSA) is 52.7 Å². The minimum absolute atomic E-state index is 0.0353. The molecule has 1 aliphatic rings. The zero-order chi connectivity index (χ0) is 15.4. The maximum absolute atomic E-state index is 12.7. The number of amides is 2. The highest BCUT2D eigenvalue weighted by atomic mass is 32.1. The maximum Gasteiger partial charge on any atom is 0.266 e. The first-order valence-electron chi connectivity index (χ1n) is 7.30. The van der Waals surface area contributed by atoms with E-state index >= 15 is 0 Å². The summed E-state index contributed by atoms with van der Waals surface area (Å²) in [6, 6.07) is 2.33. The molecule has 2 heterocycles. The normalized spacial score (nSPS) is 19.4. The summed E-state index contributed by atoms with van der Waals surface area (Å²) < 4.78 is 0. The van der Waals surface area contributed by atoms with E-state index in [0.29, 0.717) is 16.6 Å². The number of thiophene rings is 1. The predicted molar refractivity (Wildman–Crippen MR) is 85.9 cm³/mol. The molecule has 1 saturated heterocycles. The summed E-state index contributed by atoms with van der Waals surface area (Å²) in [5.74, 6) is -0.112. The summed E-state index contributed by atoms with van der Waals surface area (Å²) in [4.78, 5) is 28.7. The third kappa shape index (κ3) is 4.04. The SMILES string of the molecule is CC(=O)Nc1ccsc1C(=O)N1CCCC(N(C)C)CC1. The molecule has 1 atom stereocenters. The van der Waals surface area contributed by atoms with Crippen LogP contribution in [0.25, 0.3) is 0 Å². The Hall–Kier alpha value is -1.40. The highest BCUT2D eigenvalue weighted by molar-refractivity contribution is 7.12. The Bertz CT molecular complexity index is 513. The van der Waals surface area contributed by atoms with Crippen molar-refractivity contribution < 1.29 is 9.59 Å². The molecule has 0 spiro atoms. The third-order valence-electron chi connectivity index (χ3n) is 3.89. The molecular formula is C15H23N3O2S. The Kier molecular flexibility index (Phi) is 5.36. The minimum Gasteiger partial charge on any atom is -0.338 e. The largest absolute Gasteiger partial charge is 0.338 e. The van der Waals surface area contributed by atoms with Gasteiger partial charge in [0, 0.05) is 26.1 Å². The van der Waals surface area contributed by atoms with Crippen LogP contribution in [0.1, 0.15) is 35.9 Å². The van der Waals surface area contributed by atoms with Crippen molar-refractivity contribution in [3.8, 4) is 0 Å². The minimum atomic E-state index is -0.147. The molecule has 0 bridgehead atoms. The molecule has 1 N–H and O–H groups in total. The van der Waals surface area contributed by atoms with Gasteiger partial charge in [0.25, 0.3) is 5.91 Å². The van der Waals surface area contributed by atoms with E-state index in [2.05, 4.69) is 24.3 Å². The van der Waals surface area contributed by atoms with Crippen molar-refractivity contribution in [2.24, 2.45) is 0 Å². The number of likely N-dealkylation sites (tertiary alicyclic amines) is 1. The average Bonchev–Trinajstić information content (AvgIpc) is 2.72. The van der Waals surface area contributed by atoms with Gasteiger partial charge in [0.05, 0.1) is 5.69 Å². The van der Waals surface area contributed by atoms with E-state index in [1.54, 1.807) is 6.07 Å². The molecule has 116 valence electrons. The van der Waals surface area contributed by atoms with Crippen LogP contribution in [0.5, 0.6) is 0 Å². The summed E-state index contributed by atoms with van der Waals surface area (Å²) in [5.41, 5.74) is 0.630. The molecule has 2 amide bonds. The van der Waals surface area contributed by atoms with Gasteiger partial charge >= 0.3 is 0 Å². The predicted octanol–water partition coefficient (Wildman–Crippen LogP) is 2.26. The van der Waals surface area contributed by atoms with Gasteiger partial charge in [-0.3, -0.25) is 9.59 Å². The number of carbonyl (C=O) groups excluding carboxylic acids is 2. The lowest BCUT2D eigenvalue weighted by molar-refractivity contribution is -0.114. The van der Waals surface area contributed by atoms with Crippen LogP contribution in [0.4, 0.5) is 5.69 Å². The number of nitrogens with one attached hydrogen (secondary N) is 1. The molecule has 0 aliphatic carbocycles. The Morgan fingerprint density at radius 3 is 2.76 bits per heavy atom. The zero-order valence-electron chi connectivity index (χ0n) is 12.9. The van der Waals surface area contributed by atoms with Crippen LogP contribution in [0.3, 0.4) is 0 Å². The molecule has 6 heteroatoms. The summed E-state index contributed by atoms with van der Waals surface area (Å²) in [6.07, 6.45) is 3.15. The summed E-state index contributed by atoms with van der Waals surface area (Å²) in [5, 5.41) is 4.58. The second-order valence-corrected chi connectivity index (χ2v) is 6.60. The first-order valence-corrected chi connectivity index (χ1v) is 8.17. The van der Waals surface area contributed by atoms with Crippen molar-refractivity contribution in [1.29, 1.82) is 0 Å². The molecule has 5 nitrogen and oxygen atoms in total. The molecule has 2 rings (SSSR count). The third-order valence-corrected chi connectivity index (χ3v) is 4.79. The first kappa shape index (κ1) is 16.0. The molecule has 1 unspecified atom stereocenters. The summed E-state index contributed by atoms with van der Waals surface area (Å²) in [6.45, 7) is 3.03. The monoisotopic (exact) mass is 309 g/mol. The number of hydrogen-bond acceptors (Lipinski definition) is 4. The lowest BCUT2D eigenvalue weighted by Crippen LogP contribution is -2.33. The van der Waals surface area contributed by atoms with Crippen LogP contribution in [-0.2, 0) is 4.79 Å². The molecule has 1 aromatic heterocycles. The Balaban J connectivity index is 2.06. The quantitative estimate of drug-likeness (QED) is 0.932. The Labute approximate surface area is 129 Å². The van der Waals surface area contributed by atoms with Gasteiger partial charge in [0.1, 0.15) is 4.88 Å². The Morgan fingerprint density at radius 1 is 1.33 bits per heavy atom. The Morgan fingerprint density at radius 2 is 2.10 bits per heavy atom. The van der Waals surface area contributed by atoms with E-state index in [0.717, 1.165) is 32.4 Å². The van der Waals surface area contributed by atoms with E-state index < -0.39 is 0 Å². The first-order chi connectivity index (χ1) is 9.99. The molecule has 1 aliphatic heterocycles. The van der Waals surface area contributed by atoms with Crippen molar-refractivity contribution >= 4 is 28.8 Å². The fourth-order valence-corrected chi connectivity index (χ4v) is 3.52. The van der Waals surface area contributed by atoms with Gasteiger partial charge in [0.15, 0.2) is 0 Å². The van der Waals surface area contributed by atoms with Crippen molar-refractivity contribution in [2.75, 3.05) is 32.5 Å². The van der Waals surface area contributed by atoms with Crippen molar-refractivity contribution in [3.05, 3.63) is 16.3 Å². The van der Waals surface area contributed by atoms with Gasteiger partial charge in [-0.05, 0) is 44.8 Å². The zero-order valence-corrected chi connectivity index (χ0v) is 13.7. The summed E-state index contributed by atoms with van der Waals surface area (Å²) >= 11 is 1.39. The van der Waals surface area contributed by atoms with E-state index in [1.807, 2.05) is 10.3 Å². The molecule has 0 radical (unpaired) electrons. The number of nitrogens with zero attached hydrogens (tertiary/aromatic N) is 2. The molecule has 1 fully saturated rings. The van der Waals surface area contributed by atoms with Crippen LogP contribution in [0.15, 0.2) is 11.4 Å². The van der Waals surface area contributed by atoms with Gasteiger partial charge in [-0.2, -0.15) is 0 Å². The fraction of sp³-hybridized carbons (Fsp3) is 0.600. The fourth-order valence-electron chi connectivity index (χ4n) is 2.70. The lowest BCUT2D eigenvalue weighted by Gasteiger charge is -2.23.